The van der Waals surface area contributed by atoms with Crippen LogP contribution >= 0.6 is 34.7 Å². The SMILES string of the molecule is O=C1C2Sc3[nH]c(=O)sc3C(c3ccccc3OCc3ccc(Cl)cc3)C2C(=O)N1c1ccccc1. The van der Waals surface area contributed by atoms with Crippen LogP contribution in [0.15, 0.2) is 88.7 Å². The van der Waals surface area contributed by atoms with Crippen LogP contribution in [0.3, 0.4) is 0 Å². The van der Waals surface area contributed by atoms with Gasteiger partial charge in [0.05, 0.1) is 16.6 Å². The number of rotatable bonds is 5. The number of aromatic nitrogens is 1. The third-order valence-electron chi connectivity index (χ3n) is 6.40. The van der Waals surface area contributed by atoms with Crippen molar-refractivity contribution in [2.75, 3.05) is 4.90 Å². The fraction of sp³-hybridized carbons (Fsp3) is 0.148. The Morgan fingerprint density at radius 1 is 0.889 bits per heavy atom. The van der Waals surface area contributed by atoms with Crippen molar-refractivity contribution in [3.63, 3.8) is 0 Å². The fourth-order valence-corrected chi connectivity index (χ4v) is 7.43. The molecule has 3 atom stereocenters. The fourth-order valence-electron chi connectivity index (χ4n) is 4.79. The molecule has 3 aromatic carbocycles. The molecule has 0 radical (unpaired) electrons. The molecule has 3 heterocycles. The summed E-state index contributed by atoms with van der Waals surface area (Å²) in [5, 5.41) is 0.636. The van der Waals surface area contributed by atoms with Crippen LogP contribution in [0.25, 0.3) is 0 Å². The van der Waals surface area contributed by atoms with E-state index in [0.29, 0.717) is 28.1 Å². The molecule has 0 spiro atoms. The molecule has 1 saturated heterocycles. The van der Waals surface area contributed by atoms with E-state index in [1.165, 1.54) is 16.7 Å². The molecule has 180 valence electrons. The van der Waals surface area contributed by atoms with Crippen molar-refractivity contribution >= 4 is 52.2 Å². The van der Waals surface area contributed by atoms with Crippen molar-refractivity contribution in [3.8, 4) is 5.75 Å². The maximum atomic E-state index is 13.8. The van der Waals surface area contributed by atoms with E-state index in [9.17, 15) is 14.4 Å². The second-order valence-corrected chi connectivity index (χ2v) is 11.2. The predicted octanol–water partition coefficient (Wildman–Crippen LogP) is 5.46. The minimum Gasteiger partial charge on any atom is -0.489 e. The number of thiazole rings is 1. The van der Waals surface area contributed by atoms with Gasteiger partial charge in [-0.15, -0.1) is 0 Å². The highest BCUT2D eigenvalue weighted by atomic mass is 35.5. The largest absolute Gasteiger partial charge is 0.489 e. The van der Waals surface area contributed by atoms with Crippen molar-refractivity contribution in [1.29, 1.82) is 0 Å². The molecule has 2 amide bonds. The van der Waals surface area contributed by atoms with Crippen LogP contribution in [0.2, 0.25) is 5.02 Å². The second kappa shape index (κ2) is 9.28. The molecule has 1 fully saturated rings. The lowest BCUT2D eigenvalue weighted by molar-refractivity contribution is -0.122. The van der Waals surface area contributed by atoms with Crippen LogP contribution in [0.5, 0.6) is 5.75 Å². The number of thioether (sulfide) groups is 1. The molecule has 9 heteroatoms. The number of imide groups is 1. The van der Waals surface area contributed by atoms with Gasteiger partial charge in [0.15, 0.2) is 0 Å². The molecule has 2 aliphatic rings. The molecule has 6 nitrogen and oxygen atoms in total. The number of nitrogens with zero attached hydrogens (tertiary/aromatic N) is 1. The summed E-state index contributed by atoms with van der Waals surface area (Å²) in [6, 6.07) is 23.9. The lowest BCUT2D eigenvalue weighted by Gasteiger charge is -2.30. The highest BCUT2D eigenvalue weighted by molar-refractivity contribution is 8.00. The van der Waals surface area contributed by atoms with E-state index in [4.69, 9.17) is 16.3 Å². The zero-order valence-corrected chi connectivity index (χ0v) is 21.1. The van der Waals surface area contributed by atoms with Gasteiger partial charge in [0.2, 0.25) is 11.8 Å². The number of hydrogen-bond acceptors (Lipinski definition) is 6. The highest BCUT2D eigenvalue weighted by Crippen LogP contribution is 2.54. The molecular formula is C27H19ClN2O4S2. The molecule has 1 aromatic heterocycles. The smallest absolute Gasteiger partial charge is 0.305 e. The first-order valence-corrected chi connectivity index (χ1v) is 13.4. The molecular weight excluding hydrogens is 516 g/mol. The number of ether oxygens (including phenoxy) is 1. The van der Waals surface area contributed by atoms with Crippen LogP contribution in [0.4, 0.5) is 5.69 Å². The number of aromatic amines is 1. The van der Waals surface area contributed by atoms with E-state index in [2.05, 4.69) is 4.98 Å². The molecule has 1 N–H and O–H groups in total. The number of fused-ring (bicyclic) bond motifs is 2. The minimum atomic E-state index is -0.665. The average Bonchev–Trinajstić information content (AvgIpc) is 3.38. The number of anilines is 1. The van der Waals surface area contributed by atoms with Crippen molar-refractivity contribution < 1.29 is 14.3 Å². The van der Waals surface area contributed by atoms with Gasteiger partial charge < -0.3 is 9.72 Å². The quantitative estimate of drug-likeness (QED) is 0.344. The monoisotopic (exact) mass is 534 g/mol. The van der Waals surface area contributed by atoms with Gasteiger partial charge in [-0.05, 0) is 35.9 Å². The highest BCUT2D eigenvalue weighted by Gasteiger charge is 2.56. The van der Waals surface area contributed by atoms with E-state index in [-0.39, 0.29) is 16.7 Å². The van der Waals surface area contributed by atoms with Crippen molar-refractivity contribution in [2.45, 2.75) is 22.8 Å². The van der Waals surface area contributed by atoms with Gasteiger partial charge in [-0.2, -0.15) is 0 Å². The summed E-state index contributed by atoms with van der Waals surface area (Å²) in [6.45, 7) is 0.309. The number of halogens is 1. The van der Waals surface area contributed by atoms with Gasteiger partial charge in [-0.3, -0.25) is 14.4 Å². The normalized spacial score (nSPS) is 20.8. The van der Waals surface area contributed by atoms with Crippen LogP contribution in [0.1, 0.15) is 21.9 Å². The number of para-hydroxylation sites is 2. The maximum Gasteiger partial charge on any atom is 0.305 e. The standard InChI is InChI=1S/C27H19ClN2O4S2/c28-16-12-10-15(11-13-16)14-34-19-9-5-4-8-18(19)20-21-23(35-24-22(20)36-27(33)29-24)26(32)30(25(21)31)17-6-2-1-3-7-17/h1-13,20-21,23H,14H2,(H,29,33). The zero-order chi connectivity index (χ0) is 24.8. The summed E-state index contributed by atoms with van der Waals surface area (Å²) < 4.78 is 6.22. The topological polar surface area (TPSA) is 79.5 Å². The Labute approximate surface area is 219 Å². The Morgan fingerprint density at radius 2 is 1.61 bits per heavy atom. The van der Waals surface area contributed by atoms with Gasteiger partial charge in [0.25, 0.3) is 0 Å². The van der Waals surface area contributed by atoms with Gasteiger partial charge >= 0.3 is 4.87 Å². The van der Waals surface area contributed by atoms with Gasteiger partial charge in [0, 0.05) is 21.4 Å². The lowest BCUT2D eigenvalue weighted by atomic mass is 9.82. The first-order valence-electron chi connectivity index (χ1n) is 11.3. The molecule has 36 heavy (non-hydrogen) atoms. The first-order chi connectivity index (χ1) is 17.5. The summed E-state index contributed by atoms with van der Waals surface area (Å²) in [4.78, 5) is 44.4. The Bertz CT molecular complexity index is 1520. The maximum absolute atomic E-state index is 13.8. The van der Waals surface area contributed by atoms with Crippen molar-refractivity contribution in [1.82, 2.24) is 4.98 Å². The van der Waals surface area contributed by atoms with Crippen molar-refractivity contribution in [3.05, 3.63) is 110 Å². The van der Waals surface area contributed by atoms with E-state index >= 15 is 0 Å². The Morgan fingerprint density at radius 3 is 2.39 bits per heavy atom. The molecule has 6 rings (SSSR count). The van der Waals surface area contributed by atoms with E-state index in [1.54, 1.807) is 36.4 Å². The van der Waals surface area contributed by atoms with Crippen LogP contribution in [0, 0.1) is 5.92 Å². The third-order valence-corrected chi connectivity index (χ3v) is 9.05. The van der Waals surface area contributed by atoms with Crippen LogP contribution < -0.4 is 14.5 Å². The minimum absolute atomic E-state index is 0.211. The third kappa shape index (κ3) is 3.95. The van der Waals surface area contributed by atoms with Crippen LogP contribution in [-0.4, -0.2) is 22.0 Å². The zero-order valence-electron chi connectivity index (χ0n) is 18.7. The molecule has 4 aromatic rings. The van der Waals surface area contributed by atoms with E-state index in [0.717, 1.165) is 27.3 Å². The van der Waals surface area contributed by atoms with E-state index in [1.807, 2.05) is 42.5 Å². The number of H-pyrrole nitrogens is 1. The number of carbonyl (C=O) groups is 2. The summed E-state index contributed by atoms with van der Waals surface area (Å²) in [5.74, 6) is -1.10. The number of benzene rings is 3. The summed E-state index contributed by atoms with van der Waals surface area (Å²) in [6.07, 6.45) is 0. The van der Waals surface area contributed by atoms with Crippen LogP contribution in [-0.2, 0) is 16.2 Å². The Balaban J connectivity index is 1.42. The Hall–Kier alpha value is -3.33. The number of nitrogens with one attached hydrogen (secondary N) is 1. The summed E-state index contributed by atoms with van der Waals surface area (Å²) in [5.41, 5.74) is 2.26. The van der Waals surface area contributed by atoms with Gasteiger partial charge in [-0.1, -0.05) is 83.2 Å². The lowest BCUT2D eigenvalue weighted by Crippen LogP contribution is -2.32. The van der Waals surface area contributed by atoms with Gasteiger partial charge in [0.1, 0.15) is 17.6 Å². The average molecular weight is 535 g/mol. The van der Waals surface area contributed by atoms with Gasteiger partial charge in [-0.25, -0.2) is 4.90 Å². The summed E-state index contributed by atoms with van der Waals surface area (Å²) in [7, 11) is 0. The first kappa shape index (κ1) is 23.1. The number of hydrogen-bond donors (Lipinski definition) is 1. The Kier molecular flexibility index (Phi) is 5.95. The molecule has 0 saturated carbocycles. The van der Waals surface area contributed by atoms with E-state index < -0.39 is 17.1 Å². The molecule has 0 aliphatic carbocycles. The molecule has 3 unspecified atom stereocenters. The molecule has 2 aliphatic heterocycles. The second-order valence-electron chi connectivity index (χ2n) is 8.55. The van der Waals surface area contributed by atoms with Crippen molar-refractivity contribution in [2.24, 2.45) is 5.92 Å². The number of carbonyl (C=O) groups excluding carboxylic acids is 2. The molecule has 0 bridgehead atoms. The predicted molar refractivity (Wildman–Crippen MR) is 141 cm³/mol. The summed E-state index contributed by atoms with van der Waals surface area (Å²) >= 11 is 8.35. The number of amides is 2.